The molecule has 1 heterocycles. The van der Waals surface area contributed by atoms with Crippen molar-refractivity contribution >= 4 is 41.8 Å². The summed E-state index contributed by atoms with van der Waals surface area (Å²) in [5, 5.41) is 3.34. The monoisotopic (exact) mass is 531 g/mol. The second-order valence-corrected chi connectivity index (χ2v) is 7.52. The molecule has 3 N–H and O–H groups in total. The summed E-state index contributed by atoms with van der Waals surface area (Å²) in [5.74, 6) is 1.44. The van der Waals surface area contributed by atoms with Gasteiger partial charge in [-0.05, 0) is 43.4 Å². The van der Waals surface area contributed by atoms with E-state index in [9.17, 15) is 9.59 Å². The average molecular weight is 531 g/mol. The number of nitrogens with one attached hydrogen (secondary N) is 1. The average Bonchev–Trinajstić information content (AvgIpc) is 2.69. The van der Waals surface area contributed by atoms with Crippen LogP contribution in [-0.2, 0) is 16.1 Å². The van der Waals surface area contributed by atoms with Crippen LogP contribution in [0.5, 0.6) is 5.75 Å². The van der Waals surface area contributed by atoms with Gasteiger partial charge in [0, 0.05) is 40.2 Å². The van der Waals surface area contributed by atoms with Crippen molar-refractivity contribution in [3.63, 3.8) is 0 Å². The molecule has 9 heteroatoms. The van der Waals surface area contributed by atoms with Gasteiger partial charge in [0.2, 0.25) is 5.91 Å². The first-order valence-corrected chi connectivity index (χ1v) is 10.1. The van der Waals surface area contributed by atoms with E-state index in [1.54, 1.807) is 14.1 Å². The van der Waals surface area contributed by atoms with Crippen LogP contribution < -0.4 is 15.8 Å². The Morgan fingerprint density at radius 2 is 2.13 bits per heavy atom. The highest BCUT2D eigenvalue weighted by atomic mass is 127. The normalized spacial score (nSPS) is 16.4. The van der Waals surface area contributed by atoms with E-state index < -0.39 is 0 Å². The van der Waals surface area contributed by atoms with Crippen LogP contribution in [0.25, 0.3) is 0 Å². The van der Waals surface area contributed by atoms with Crippen LogP contribution in [0.2, 0.25) is 0 Å². The highest BCUT2D eigenvalue weighted by molar-refractivity contribution is 14.0. The number of carbonyl (C=O) groups excluding carboxylic acids is 2. The Hall–Kier alpha value is -2.04. The number of guanidine groups is 1. The van der Waals surface area contributed by atoms with Crippen molar-refractivity contribution in [3.05, 3.63) is 29.8 Å². The largest absolute Gasteiger partial charge is 0.484 e. The summed E-state index contributed by atoms with van der Waals surface area (Å²) in [6, 6.07) is 7.62. The Labute approximate surface area is 196 Å². The van der Waals surface area contributed by atoms with Crippen molar-refractivity contribution in [1.82, 2.24) is 15.1 Å². The summed E-state index contributed by atoms with van der Waals surface area (Å²) in [6.07, 6.45) is 2.45. The zero-order chi connectivity index (χ0) is 21.2. The first-order valence-electron chi connectivity index (χ1n) is 10.1. The molecule has 2 rings (SSSR count). The first-order chi connectivity index (χ1) is 13.9. The molecule has 1 atom stereocenters. The van der Waals surface area contributed by atoms with Gasteiger partial charge in [0.05, 0.1) is 6.54 Å². The molecular formula is C21H34IN5O3. The number of rotatable bonds is 8. The number of piperidine rings is 1. The van der Waals surface area contributed by atoms with E-state index in [2.05, 4.69) is 10.2 Å². The van der Waals surface area contributed by atoms with Crippen LogP contribution in [0, 0.1) is 5.92 Å². The number of primary amides is 1. The number of hydrogen-bond donors (Lipinski definition) is 2. The van der Waals surface area contributed by atoms with Crippen molar-refractivity contribution in [2.24, 2.45) is 16.6 Å². The standard InChI is InChI=1S/C21H33N5O3.HI/c1-4-23-21(26-10-6-8-17(14-26)12-19(22)27)24-13-16-7-5-9-18(11-16)29-15-20(28)25(2)3;/h5,7,9,11,17H,4,6,8,10,12-15H2,1-3H3,(H2,22,27)(H,23,24);1H. The SMILES string of the molecule is CCNC(=NCc1cccc(OCC(=O)N(C)C)c1)N1CCCC(CC(N)=O)C1.I. The van der Waals surface area contributed by atoms with E-state index in [0.29, 0.717) is 18.7 Å². The number of halogens is 1. The quantitative estimate of drug-likeness (QED) is 0.303. The minimum atomic E-state index is -0.247. The van der Waals surface area contributed by atoms with E-state index in [-0.39, 0.29) is 48.3 Å². The molecule has 2 amide bonds. The Kier molecular flexibility index (Phi) is 11.5. The summed E-state index contributed by atoms with van der Waals surface area (Å²) >= 11 is 0. The number of nitrogens with zero attached hydrogens (tertiary/aromatic N) is 3. The van der Waals surface area contributed by atoms with Gasteiger partial charge < -0.3 is 25.6 Å². The summed E-state index contributed by atoms with van der Waals surface area (Å²) in [4.78, 5) is 31.4. The summed E-state index contributed by atoms with van der Waals surface area (Å²) in [6.45, 7) is 5.01. The molecule has 8 nitrogen and oxygen atoms in total. The van der Waals surface area contributed by atoms with Crippen LogP contribution in [0.15, 0.2) is 29.3 Å². The fraction of sp³-hybridized carbons (Fsp3) is 0.571. The Balaban J connectivity index is 0.00000450. The van der Waals surface area contributed by atoms with Gasteiger partial charge in [0.1, 0.15) is 5.75 Å². The van der Waals surface area contributed by atoms with Crippen LogP contribution in [0.1, 0.15) is 31.7 Å². The van der Waals surface area contributed by atoms with E-state index in [4.69, 9.17) is 15.5 Å². The van der Waals surface area contributed by atoms with E-state index in [0.717, 1.165) is 44.0 Å². The lowest BCUT2D eigenvalue weighted by atomic mass is 9.95. The highest BCUT2D eigenvalue weighted by Crippen LogP contribution is 2.20. The summed E-state index contributed by atoms with van der Waals surface area (Å²) in [7, 11) is 3.40. The molecule has 1 aliphatic heterocycles. The van der Waals surface area contributed by atoms with E-state index in [1.807, 2.05) is 31.2 Å². The number of likely N-dealkylation sites (N-methyl/N-ethyl adjacent to an activating group) is 1. The number of amides is 2. The number of benzene rings is 1. The molecule has 0 spiro atoms. The maximum absolute atomic E-state index is 11.7. The topological polar surface area (TPSA) is 100 Å². The maximum Gasteiger partial charge on any atom is 0.259 e. The molecule has 1 saturated heterocycles. The molecule has 168 valence electrons. The lowest BCUT2D eigenvalue weighted by Gasteiger charge is -2.34. The van der Waals surface area contributed by atoms with Crippen molar-refractivity contribution in [2.75, 3.05) is 40.3 Å². The van der Waals surface area contributed by atoms with Crippen molar-refractivity contribution in [2.45, 2.75) is 32.7 Å². The molecule has 1 unspecified atom stereocenters. The predicted molar refractivity (Wildman–Crippen MR) is 129 cm³/mol. The molecular weight excluding hydrogens is 497 g/mol. The summed E-state index contributed by atoms with van der Waals surface area (Å²) in [5.41, 5.74) is 6.37. The molecule has 0 saturated carbocycles. The Morgan fingerprint density at radius 1 is 1.37 bits per heavy atom. The minimum absolute atomic E-state index is 0. The number of ether oxygens (including phenoxy) is 1. The smallest absolute Gasteiger partial charge is 0.259 e. The third-order valence-electron chi connectivity index (χ3n) is 4.81. The second kappa shape index (κ2) is 13.3. The van der Waals surface area contributed by atoms with Gasteiger partial charge in [-0.3, -0.25) is 9.59 Å². The molecule has 0 bridgehead atoms. The van der Waals surface area contributed by atoms with Crippen LogP contribution in [0.3, 0.4) is 0 Å². The van der Waals surface area contributed by atoms with Crippen molar-refractivity contribution in [3.8, 4) is 5.75 Å². The summed E-state index contributed by atoms with van der Waals surface area (Å²) < 4.78 is 5.58. The molecule has 1 aromatic rings. The van der Waals surface area contributed by atoms with Gasteiger partial charge >= 0.3 is 0 Å². The fourth-order valence-electron chi connectivity index (χ4n) is 3.31. The number of aliphatic imine (C=N–C) groups is 1. The molecule has 1 aliphatic rings. The molecule has 1 fully saturated rings. The van der Waals surface area contributed by atoms with Gasteiger partial charge in [-0.1, -0.05) is 12.1 Å². The first kappa shape index (κ1) is 26.0. The Morgan fingerprint density at radius 3 is 2.80 bits per heavy atom. The van der Waals surface area contributed by atoms with Gasteiger partial charge in [-0.15, -0.1) is 24.0 Å². The molecule has 0 aromatic heterocycles. The fourth-order valence-corrected chi connectivity index (χ4v) is 3.31. The third-order valence-corrected chi connectivity index (χ3v) is 4.81. The highest BCUT2D eigenvalue weighted by Gasteiger charge is 2.23. The van der Waals surface area contributed by atoms with Gasteiger partial charge in [0.25, 0.3) is 5.91 Å². The molecule has 30 heavy (non-hydrogen) atoms. The lowest BCUT2D eigenvalue weighted by Crippen LogP contribution is -2.47. The zero-order valence-corrected chi connectivity index (χ0v) is 20.4. The van der Waals surface area contributed by atoms with E-state index in [1.165, 1.54) is 4.90 Å². The van der Waals surface area contributed by atoms with Gasteiger partial charge in [-0.25, -0.2) is 4.99 Å². The number of carbonyl (C=O) groups is 2. The molecule has 0 radical (unpaired) electrons. The number of likely N-dealkylation sites (tertiary alicyclic amines) is 1. The van der Waals surface area contributed by atoms with Crippen LogP contribution in [-0.4, -0.2) is 67.9 Å². The van der Waals surface area contributed by atoms with Crippen molar-refractivity contribution in [1.29, 1.82) is 0 Å². The van der Waals surface area contributed by atoms with Gasteiger partial charge in [0.15, 0.2) is 12.6 Å². The van der Waals surface area contributed by atoms with Crippen molar-refractivity contribution < 1.29 is 14.3 Å². The lowest BCUT2D eigenvalue weighted by molar-refractivity contribution is -0.130. The Bertz CT molecular complexity index is 726. The van der Waals surface area contributed by atoms with E-state index >= 15 is 0 Å². The second-order valence-electron chi connectivity index (χ2n) is 7.52. The minimum Gasteiger partial charge on any atom is -0.484 e. The number of nitrogens with two attached hydrogens (primary N) is 1. The van der Waals surface area contributed by atoms with Crippen LogP contribution >= 0.6 is 24.0 Å². The molecule has 0 aliphatic carbocycles. The predicted octanol–water partition coefficient (Wildman–Crippen LogP) is 1.82. The zero-order valence-electron chi connectivity index (χ0n) is 18.1. The third kappa shape index (κ3) is 8.76. The van der Waals surface area contributed by atoms with Gasteiger partial charge in [-0.2, -0.15) is 0 Å². The van der Waals surface area contributed by atoms with Crippen LogP contribution in [0.4, 0.5) is 0 Å². The maximum atomic E-state index is 11.7. The molecule has 1 aromatic carbocycles. The number of hydrogen-bond acceptors (Lipinski definition) is 4.